The van der Waals surface area contributed by atoms with Crippen molar-refractivity contribution in [3.63, 3.8) is 0 Å². The van der Waals surface area contributed by atoms with E-state index in [-0.39, 0.29) is 11.3 Å². The van der Waals surface area contributed by atoms with Crippen molar-refractivity contribution in [3.05, 3.63) is 35.0 Å². The number of nitrogens with one attached hydrogen (secondary N) is 2. The highest BCUT2D eigenvalue weighted by Crippen LogP contribution is 2.26. The molecule has 4 heteroatoms. The molecular weight excluding hydrogens is 232 g/mol. The molecule has 94 valence electrons. The maximum atomic E-state index is 11.5. The summed E-state index contributed by atoms with van der Waals surface area (Å²) in [5.41, 5.74) is -0.0116. The third-order valence-electron chi connectivity index (χ3n) is 2.49. The average Bonchev–Trinajstić information content (AvgIpc) is 2.81. The fourth-order valence-electron chi connectivity index (χ4n) is 1.42. The molecule has 0 radical (unpaired) electrons. The summed E-state index contributed by atoms with van der Waals surface area (Å²) in [4.78, 5) is 12.8. The Labute approximate surface area is 107 Å². The van der Waals surface area contributed by atoms with Gasteiger partial charge in [0.1, 0.15) is 0 Å². The number of hydrogen-bond acceptors (Lipinski definition) is 3. The number of thiophene rings is 1. The first-order valence-electron chi connectivity index (χ1n) is 5.68. The third kappa shape index (κ3) is 4.71. The molecule has 0 saturated carbocycles. The van der Waals surface area contributed by atoms with Gasteiger partial charge in [-0.2, -0.15) is 0 Å². The molecule has 0 fully saturated rings. The molecule has 17 heavy (non-hydrogen) atoms. The molecule has 0 aromatic carbocycles. The van der Waals surface area contributed by atoms with Crippen molar-refractivity contribution in [2.24, 2.45) is 0 Å². The van der Waals surface area contributed by atoms with Crippen LogP contribution in [0.5, 0.6) is 0 Å². The molecule has 2 N–H and O–H groups in total. The first-order valence-corrected chi connectivity index (χ1v) is 6.56. The predicted octanol–water partition coefficient (Wildman–Crippen LogP) is 1.92. The molecular formula is C13H20N2OS. The lowest BCUT2D eigenvalue weighted by molar-refractivity contribution is -0.120. The van der Waals surface area contributed by atoms with Crippen molar-refractivity contribution in [3.8, 4) is 0 Å². The van der Waals surface area contributed by atoms with E-state index in [2.05, 4.69) is 42.5 Å². The van der Waals surface area contributed by atoms with Crippen LogP contribution in [0.3, 0.4) is 0 Å². The molecule has 0 aliphatic rings. The average molecular weight is 252 g/mol. The highest BCUT2D eigenvalue weighted by molar-refractivity contribution is 7.10. The minimum absolute atomic E-state index is 0.0116. The summed E-state index contributed by atoms with van der Waals surface area (Å²) in [7, 11) is 0. The zero-order chi connectivity index (χ0) is 12.7. The van der Waals surface area contributed by atoms with Crippen LogP contribution in [0, 0.1) is 0 Å². The maximum absolute atomic E-state index is 11.5. The minimum Gasteiger partial charge on any atom is -0.354 e. The number of amides is 1. The molecule has 0 aliphatic carbocycles. The van der Waals surface area contributed by atoms with Gasteiger partial charge in [-0.25, -0.2) is 0 Å². The molecule has 1 aromatic heterocycles. The summed E-state index contributed by atoms with van der Waals surface area (Å²) in [5.74, 6) is 0.0245. The number of carbonyl (C=O) groups excluding carboxylic acids is 1. The van der Waals surface area contributed by atoms with Gasteiger partial charge < -0.3 is 10.6 Å². The van der Waals surface area contributed by atoms with Crippen molar-refractivity contribution in [2.75, 3.05) is 19.6 Å². The summed E-state index contributed by atoms with van der Waals surface area (Å²) in [6.45, 7) is 9.50. The minimum atomic E-state index is -0.0116. The second-order valence-electron chi connectivity index (χ2n) is 4.56. The van der Waals surface area contributed by atoms with Crippen LogP contribution >= 0.6 is 11.3 Å². The second-order valence-corrected chi connectivity index (χ2v) is 5.51. The third-order valence-corrected chi connectivity index (χ3v) is 3.73. The molecule has 0 aliphatic heterocycles. The van der Waals surface area contributed by atoms with E-state index in [1.165, 1.54) is 4.88 Å². The van der Waals surface area contributed by atoms with Crippen LogP contribution in [-0.4, -0.2) is 25.5 Å². The molecule has 1 rings (SSSR count). The van der Waals surface area contributed by atoms with Gasteiger partial charge in [-0.15, -0.1) is 17.9 Å². The zero-order valence-corrected chi connectivity index (χ0v) is 11.3. The predicted molar refractivity (Wildman–Crippen MR) is 73.4 cm³/mol. The molecule has 0 bridgehead atoms. The summed E-state index contributed by atoms with van der Waals surface area (Å²) < 4.78 is 0. The highest BCUT2D eigenvalue weighted by atomic mass is 32.1. The van der Waals surface area contributed by atoms with E-state index in [9.17, 15) is 4.79 Å². The summed E-state index contributed by atoms with van der Waals surface area (Å²) in [6.07, 6.45) is 1.74. The smallest absolute Gasteiger partial charge is 0.233 e. The first-order chi connectivity index (χ1) is 8.06. The Bertz CT molecular complexity index is 358. The van der Waals surface area contributed by atoms with Gasteiger partial charge in [-0.3, -0.25) is 4.79 Å². The fraction of sp³-hybridized carbons (Fsp3) is 0.462. The standard InChI is InChI=1S/C13H20N2OS/c1-4-7-14-9-12(16)15-10-13(2,3)11-6-5-8-17-11/h4-6,8,14H,1,7,9-10H2,2-3H3,(H,15,16). The molecule has 1 aromatic rings. The molecule has 1 amide bonds. The Kier molecular flexibility index (Phi) is 5.38. The van der Waals surface area contributed by atoms with Crippen LogP contribution in [0.25, 0.3) is 0 Å². The van der Waals surface area contributed by atoms with E-state index in [1.54, 1.807) is 17.4 Å². The van der Waals surface area contributed by atoms with E-state index >= 15 is 0 Å². The van der Waals surface area contributed by atoms with Crippen LogP contribution < -0.4 is 10.6 Å². The van der Waals surface area contributed by atoms with Gasteiger partial charge >= 0.3 is 0 Å². The summed E-state index contributed by atoms with van der Waals surface area (Å²) >= 11 is 1.72. The SMILES string of the molecule is C=CCNCC(=O)NCC(C)(C)c1cccs1. The van der Waals surface area contributed by atoms with Crippen molar-refractivity contribution in [2.45, 2.75) is 19.3 Å². The number of carbonyl (C=O) groups is 1. The Balaban J connectivity index is 2.34. The van der Waals surface area contributed by atoms with Gasteiger partial charge in [0.25, 0.3) is 0 Å². The lowest BCUT2D eigenvalue weighted by atomic mass is 9.91. The molecule has 0 saturated heterocycles. The van der Waals surface area contributed by atoms with Crippen LogP contribution in [0.4, 0.5) is 0 Å². The Morgan fingerprint density at radius 3 is 2.94 bits per heavy atom. The van der Waals surface area contributed by atoms with E-state index in [0.717, 1.165) is 0 Å². The Morgan fingerprint density at radius 2 is 2.35 bits per heavy atom. The highest BCUT2D eigenvalue weighted by Gasteiger charge is 2.22. The lowest BCUT2D eigenvalue weighted by Crippen LogP contribution is -2.40. The van der Waals surface area contributed by atoms with Crippen molar-refractivity contribution >= 4 is 17.2 Å². The Morgan fingerprint density at radius 1 is 1.59 bits per heavy atom. The zero-order valence-electron chi connectivity index (χ0n) is 10.5. The first kappa shape index (κ1) is 13.9. The van der Waals surface area contributed by atoms with E-state index in [1.807, 2.05) is 6.07 Å². The molecule has 1 heterocycles. The molecule has 3 nitrogen and oxygen atoms in total. The van der Waals surface area contributed by atoms with Crippen molar-refractivity contribution < 1.29 is 4.79 Å². The van der Waals surface area contributed by atoms with Gasteiger partial charge in [-0.1, -0.05) is 26.0 Å². The maximum Gasteiger partial charge on any atom is 0.233 e. The van der Waals surface area contributed by atoms with Crippen LogP contribution in [-0.2, 0) is 10.2 Å². The molecule has 0 atom stereocenters. The van der Waals surface area contributed by atoms with Crippen LogP contribution in [0.15, 0.2) is 30.2 Å². The summed E-state index contributed by atoms with van der Waals surface area (Å²) in [5, 5.41) is 7.98. The van der Waals surface area contributed by atoms with Crippen LogP contribution in [0.2, 0.25) is 0 Å². The summed E-state index contributed by atoms with van der Waals surface area (Å²) in [6, 6.07) is 4.14. The van der Waals surface area contributed by atoms with Gasteiger partial charge in [0, 0.05) is 23.4 Å². The fourth-order valence-corrected chi connectivity index (χ4v) is 2.27. The van der Waals surface area contributed by atoms with E-state index in [0.29, 0.717) is 19.6 Å². The number of rotatable bonds is 7. The van der Waals surface area contributed by atoms with Gasteiger partial charge in [0.05, 0.1) is 6.54 Å². The van der Waals surface area contributed by atoms with E-state index < -0.39 is 0 Å². The molecule has 0 spiro atoms. The second kappa shape index (κ2) is 6.57. The quantitative estimate of drug-likeness (QED) is 0.575. The lowest BCUT2D eigenvalue weighted by Gasteiger charge is -2.23. The topological polar surface area (TPSA) is 41.1 Å². The van der Waals surface area contributed by atoms with Crippen molar-refractivity contribution in [1.29, 1.82) is 0 Å². The largest absolute Gasteiger partial charge is 0.354 e. The van der Waals surface area contributed by atoms with Crippen molar-refractivity contribution in [1.82, 2.24) is 10.6 Å². The number of hydrogen-bond donors (Lipinski definition) is 2. The normalized spacial score (nSPS) is 11.2. The Hall–Kier alpha value is -1.13. The molecule has 0 unspecified atom stereocenters. The monoisotopic (exact) mass is 252 g/mol. The van der Waals surface area contributed by atoms with Gasteiger partial charge in [0.2, 0.25) is 5.91 Å². The van der Waals surface area contributed by atoms with Gasteiger partial charge in [-0.05, 0) is 11.4 Å². The van der Waals surface area contributed by atoms with Gasteiger partial charge in [0.15, 0.2) is 0 Å². The van der Waals surface area contributed by atoms with Crippen LogP contribution in [0.1, 0.15) is 18.7 Å². The van der Waals surface area contributed by atoms with E-state index in [4.69, 9.17) is 0 Å².